The number of nitrogens with zero attached hydrogens (tertiary/aromatic N) is 2. The van der Waals surface area contributed by atoms with Crippen molar-refractivity contribution in [2.75, 3.05) is 17.2 Å². The Bertz CT molecular complexity index is 993. The molecule has 7 nitrogen and oxygen atoms in total. The van der Waals surface area contributed by atoms with Gasteiger partial charge >= 0.3 is 5.97 Å². The summed E-state index contributed by atoms with van der Waals surface area (Å²) in [5, 5.41) is 14.2. The number of benzene rings is 2. The topological polar surface area (TPSA) is 93.2 Å². The predicted molar refractivity (Wildman–Crippen MR) is 107 cm³/mol. The normalized spacial score (nSPS) is 10.2. The average Bonchev–Trinajstić information content (AvgIpc) is 2.69. The zero-order valence-corrected chi connectivity index (χ0v) is 15.7. The standard InChI is InChI=1S/C20H17ClN4O3/c1-2-28-20(27)15-8-3-4-9-16(15)23-18-11-10-17(24-25-18)19(26)22-14-7-5-6-13(21)12-14/h3-12H,2H2,1H3,(H,22,26)(H,23,25). The van der Waals surface area contributed by atoms with Crippen molar-refractivity contribution in [2.45, 2.75) is 6.92 Å². The molecular formula is C20H17ClN4O3. The number of amides is 1. The number of anilines is 3. The fourth-order valence-corrected chi connectivity index (χ4v) is 2.59. The van der Waals surface area contributed by atoms with Crippen molar-refractivity contribution in [3.63, 3.8) is 0 Å². The third-order valence-electron chi connectivity index (χ3n) is 3.66. The van der Waals surface area contributed by atoms with Gasteiger partial charge in [0, 0.05) is 10.7 Å². The predicted octanol–water partition coefficient (Wildman–Crippen LogP) is 4.30. The summed E-state index contributed by atoms with van der Waals surface area (Å²) in [4.78, 5) is 24.3. The largest absolute Gasteiger partial charge is 0.462 e. The van der Waals surface area contributed by atoms with E-state index in [2.05, 4.69) is 20.8 Å². The monoisotopic (exact) mass is 396 g/mol. The van der Waals surface area contributed by atoms with Gasteiger partial charge in [0.1, 0.15) is 0 Å². The fraction of sp³-hybridized carbons (Fsp3) is 0.100. The highest BCUT2D eigenvalue weighted by atomic mass is 35.5. The Labute approximate surface area is 166 Å². The number of hydrogen-bond acceptors (Lipinski definition) is 6. The maximum atomic E-state index is 12.3. The van der Waals surface area contributed by atoms with Gasteiger partial charge in [-0.3, -0.25) is 4.79 Å². The number of hydrogen-bond donors (Lipinski definition) is 2. The first-order valence-corrected chi connectivity index (χ1v) is 8.88. The molecule has 28 heavy (non-hydrogen) atoms. The van der Waals surface area contributed by atoms with E-state index in [1.165, 1.54) is 6.07 Å². The van der Waals surface area contributed by atoms with Crippen molar-refractivity contribution < 1.29 is 14.3 Å². The second-order valence-corrected chi connectivity index (χ2v) is 6.10. The first-order valence-electron chi connectivity index (χ1n) is 8.50. The molecule has 3 rings (SSSR count). The van der Waals surface area contributed by atoms with Crippen LogP contribution in [0, 0.1) is 0 Å². The van der Waals surface area contributed by atoms with Crippen LogP contribution >= 0.6 is 11.6 Å². The molecule has 0 aliphatic carbocycles. The molecule has 0 bridgehead atoms. The summed E-state index contributed by atoms with van der Waals surface area (Å²) in [5.74, 6) is -0.458. The van der Waals surface area contributed by atoms with Crippen LogP contribution in [0.15, 0.2) is 60.7 Å². The lowest BCUT2D eigenvalue weighted by atomic mass is 10.2. The molecule has 2 N–H and O–H groups in total. The summed E-state index contributed by atoms with van der Waals surface area (Å²) in [5.41, 5.74) is 1.62. The Balaban J connectivity index is 1.71. The van der Waals surface area contributed by atoms with Crippen molar-refractivity contribution in [1.29, 1.82) is 0 Å². The van der Waals surface area contributed by atoms with Gasteiger partial charge in [-0.1, -0.05) is 29.8 Å². The van der Waals surface area contributed by atoms with Crippen LogP contribution in [-0.4, -0.2) is 28.7 Å². The molecule has 1 aromatic heterocycles. The lowest BCUT2D eigenvalue weighted by Gasteiger charge is -2.10. The molecule has 0 fully saturated rings. The van der Waals surface area contributed by atoms with Crippen molar-refractivity contribution in [1.82, 2.24) is 10.2 Å². The number of halogens is 1. The van der Waals surface area contributed by atoms with Crippen molar-refractivity contribution in [3.8, 4) is 0 Å². The lowest BCUT2D eigenvalue weighted by Crippen LogP contribution is -2.14. The number of nitrogens with one attached hydrogen (secondary N) is 2. The first kappa shape index (κ1) is 19.3. The highest BCUT2D eigenvalue weighted by molar-refractivity contribution is 6.30. The van der Waals surface area contributed by atoms with Crippen LogP contribution in [0.3, 0.4) is 0 Å². The Morgan fingerprint density at radius 1 is 1.04 bits per heavy atom. The van der Waals surface area contributed by atoms with Crippen molar-refractivity contribution >= 4 is 40.7 Å². The van der Waals surface area contributed by atoms with E-state index in [9.17, 15) is 9.59 Å². The number of carbonyl (C=O) groups excluding carboxylic acids is 2. The Morgan fingerprint density at radius 2 is 1.86 bits per heavy atom. The Hall–Kier alpha value is -3.45. The van der Waals surface area contributed by atoms with Crippen molar-refractivity contribution in [3.05, 3.63) is 76.9 Å². The van der Waals surface area contributed by atoms with Crippen LogP contribution < -0.4 is 10.6 Å². The van der Waals surface area contributed by atoms with E-state index >= 15 is 0 Å². The average molecular weight is 397 g/mol. The minimum absolute atomic E-state index is 0.143. The zero-order valence-electron chi connectivity index (χ0n) is 15.0. The van der Waals surface area contributed by atoms with Gasteiger partial charge in [0.15, 0.2) is 11.5 Å². The third kappa shape index (κ3) is 4.83. The summed E-state index contributed by atoms with van der Waals surface area (Å²) < 4.78 is 5.04. The molecule has 3 aromatic rings. The van der Waals surface area contributed by atoms with Gasteiger partial charge in [0.25, 0.3) is 5.91 Å². The van der Waals surface area contributed by atoms with Crippen LogP contribution in [0.5, 0.6) is 0 Å². The highest BCUT2D eigenvalue weighted by Gasteiger charge is 2.13. The molecule has 0 saturated carbocycles. The van der Waals surface area contributed by atoms with Crippen molar-refractivity contribution in [2.24, 2.45) is 0 Å². The van der Waals surface area contributed by atoms with E-state index in [0.29, 0.717) is 27.8 Å². The number of ether oxygens (including phenoxy) is 1. The number of para-hydroxylation sites is 1. The second-order valence-electron chi connectivity index (χ2n) is 5.66. The van der Waals surface area contributed by atoms with E-state index in [-0.39, 0.29) is 12.3 Å². The van der Waals surface area contributed by atoms with Crippen LogP contribution in [0.2, 0.25) is 5.02 Å². The molecule has 1 heterocycles. The number of rotatable bonds is 6. The molecule has 8 heteroatoms. The molecule has 0 saturated heterocycles. The minimum Gasteiger partial charge on any atom is -0.462 e. The summed E-state index contributed by atoms with van der Waals surface area (Å²) >= 11 is 5.91. The highest BCUT2D eigenvalue weighted by Crippen LogP contribution is 2.20. The lowest BCUT2D eigenvalue weighted by molar-refractivity contribution is 0.0527. The molecule has 1 amide bonds. The first-order chi connectivity index (χ1) is 13.6. The summed E-state index contributed by atoms with van der Waals surface area (Å²) in [6, 6.07) is 16.8. The smallest absolute Gasteiger partial charge is 0.340 e. The maximum Gasteiger partial charge on any atom is 0.340 e. The summed E-state index contributed by atoms with van der Waals surface area (Å²) in [6.07, 6.45) is 0. The van der Waals surface area contributed by atoms with Gasteiger partial charge in [-0.05, 0) is 49.4 Å². The quantitative estimate of drug-likeness (QED) is 0.603. The SMILES string of the molecule is CCOC(=O)c1ccccc1Nc1ccc(C(=O)Nc2cccc(Cl)c2)nn1. The summed E-state index contributed by atoms with van der Waals surface area (Å²) in [6.45, 7) is 2.02. The summed E-state index contributed by atoms with van der Waals surface area (Å²) in [7, 11) is 0. The Morgan fingerprint density at radius 3 is 2.57 bits per heavy atom. The molecule has 0 unspecified atom stereocenters. The van der Waals surface area contributed by atoms with Crippen LogP contribution in [0.1, 0.15) is 27.8 Å². The van der Waals surface area contributed by atoms with E-state index in [0.717, 1.165) is 0 Å². The van der Waals surface area contributed by atoms with Gasteiger partial charge in [-0.15, -0.1) is 10.2 Å². The molecule has 0 aliphatic heterocycles. The fourth-order valence-electron chi connectivity index (χ4n) is 2.40. The molecule has 0 atom stereocenters. The molecule has 0 aliphatic rings. The number of esters is 1. The Kier molecular flexibility index (Phi) is 6.18. The maximum absolute atomic E-state index is 12.3. The molecule has 0 spiro atoms. The molecule has 2 aromatic carbocycles. The van der Waals surface area contributed by atoms with Gasteiger partial charge in [0.05, 0.1) is 17.9 Å². The molecule has 0 radical (unpaired) electrons. The second kappa shape index (κ2) is 8.96. The van der Waals surface area contributed by atoms with E-state index in [1.807, 2.05) is 0 Å². The third-order valence-corrected chi connectivity index (χ3v) is 3.90. The van der Waals surface area contributed by atoms with E-state index in [4.69, 9.17) is 16.3 Å². The number of aromatic nitrogens is 2. The number of carbonyl (C=O) groups is 2. The van der Waals surface area contributed by atoms with Crippen LogP contribution in [0.25, 0.3) is 0 Å². The van der Waals surface area contributed by atoms with E-state index < -0.39 is 11.9 Å². The van der Waals surface area contributed by atoms with Gasteiger partial charge in [-0.2, -0.15) is 0 Å². The molecular weight excluding hydrogens is 380 g/mol. The van der Waals surface area contributed by atoms with E-state index in [1.54, 1.807) is 61.5 Å². The zero-order chi connectivity index (χ0) is 19.9. The van der Waals surface area contributed by atoms with Gasteiger partial charge < -0.3 is 15.4 Å². The molecule has 142 valence electrons. The van der Waals surface area contributed by atoms with Crippen LogP contribution in [0.4, 0.5) is 17.2 Å². The minimum atomic E-state index is -0.434. The van der Waals surface area contributed by atoms with Gasteiger partial charge in [0.2, 0.25) is 0 Å². The van der Waals surface area contributed by atoms with Crippen LogP contribution in [-0.2, 0) is 4.74 Å². The van der Waals surface area contributed by atoms with Gasteiger partial charge in [-0.25, -0.2) is 4.79 Å².